The van der Waals surface area contributed by atoms with Crippen LogP contribution < -0.4 is 4.90 Å². The maximum atomic E-state index is 13.8. The Morgan fingerprint density at radius 2 is 1.91 bits per heavy atom. The van der Waals surface area contributed by atoms with Crippen LogP contribution in [0.15, 0.2) is 48.8 Å². The van der Waals surface area contributed by atoms with Crippen LogP contribution in [0.5, 0.6) is 0 Å². The molecule has 1 aliphatic rings. The van der Waals surface area contributed by atoms with E-state index in [1.165, 1.54) is 23.4 Å². The molecule has 0 bridgehead atoms. The largest absolute Gasteiger partial charge is 0.395 e. The van der Waals surface area contributed by atoms with Crippen molar-refractivity contribution in [2.75, 3.05) is 37.7 Å². The average molecular weight is 451 g/mol. The highest BCUT2D eigenvalue weighted by molar-refractivity contribution is 5.98. The fourth-order valence-corrected chi connectivity index (χ4v) is 4.35. The van der Waals surface area contributed by atoms with Gasteiger partial charge in [-0.05, 0) is 54.3 Å². The summed E-state index contributed by atoms with van der Waals surface area (Å²) < 4.78 is 13.8. The molecule has 4 rings (SSSR count). The van der Waals surface area contributed by atoms with Gasteiger partial charge in [0.15, 0.2) is 0 Å². The highest BCUT2D eigenvalue weighted by atomic mass is 19.1. The summed E-state index contributed by atoms with van der Waals surface area (Å²) >= 11 is 0. The van der Waals surface area contributed by atoms with E-state index in [-0.39, 0.29) is 38.0 Å². The van der Waals surface area contributed by atoms with Gasteiger partial charge in [0.25, 0.3) is 5.91 Å². The van der Waals surface area contributed by atoms with Gasteiger partial charge in [-0.15, -0.1) is 0 Å². The van der Waals surface area contributed by atoms with Crippen LogP contribution in [0.4, 0.5) is 15.9 Å². The van der Waals surface area contributed by atoms with Gasteiger partial charge in [-0.2, -0.15) is 0 Å². The number of fused-ring (bicyclic) bond motifs is 1. The first-order valence-electron chi connectivity index (χ1n) is 11.0. The second kappa shape index (κ2) is 10.1. The zero-order chi connectivity index (χ0) is 23.4. The first-order valence-corrected chi connectivity index (χ1v) is 11.0. The molecule has 0 unspecified atom stereocenters. The molecule has 1 aliphatic heterocycles. The van der Waals surface area contributed by atoms with Crippen LogP contribution in [-0.2, 0) is 12.8 Å². The van der Waals surface area contributed by atoms with Crippen LogP contribution in [0.25, 0.3) is 0 Å². The SMILES string of the molecule is Cc1cc(F)cc(Cc2cc(N3CCc4c(C(=O)N(CCO)CCO)cccc43)ncn2)c1. The van der Waals surface area contributed by atoms with Crippen molar-refractivity contribution in [3.63, 3.8) is 0 Å². The fraction of sp³-hybridized carbons (Fsp3) is 0.320. The maximum Gasteiger partial charge on any atom is 0.254 e. The van der Waals surface area contributed by atoms with Gasteiger partial charge >= 0.3 is 0 Å². The monoisotopic (exact) mass is 450 g/mol. The Bertz CT molecular complexity index is 1130. The van der Waals surface area contributed by atoms with E-state index in [1.807, 2.05) is 31.2 Å². The Balaban J connectivity index is 1.60. The van der Waals surface area contributed by atoms with Crippen molar-refractivity contribution in [3.8, 4) is 0 Å². The molecule has 3 aromatic rings. The van der Waals surface area contributed by atoms with Crippen molar-refractivity contribution in [1.82, 2.24) is 14.9 Å². The lowest BCUT2D eigenvalue weighted by atomic mass is 10.0. The Hall–Kier alpha value is -3.36. The molecule has 2 heterocycles. The molecule has 1 aromatic heterocycles. The van der Waals surface area contributed by atoms with E-state index in [9.17, 15) is 19.4 Å². The molecule has 33 heavy (non-hydrogen) atoms. The Kier molecular flexibility index (Phi) is 6.96. The second-order valence-corrected chi connectivity index (χ2v) is 8.13. The molecule has 0 radical (unpaired) electrons. The summed E-state index contributed by atoms with van der Waals surface area (Å²) in [6.07, 6.45) is 2.67. The summed E-state index contributed by atoms with van der Waals surface area (Å²) in [4.78, 5) is 25.4. The number of nitrogens with zero attached hydrogens (tertiary/aromatic N) is 4. The quantitative estimate of drug-likeness (QED) is 0.549. The zero-order valence-electron chi connectivity index (χ0n) is 18.5. The highest BCUT2D eigenvalue weighted by Crippen LogP contribution is 2.36. The third-order valence-electron chi connectivity index (χ3n) is 5.76. The number of hydrogen-bond acceptors (Lipinski definition) is 6. The Morgan fingerprint density at radius 3 is 2.64 bits per heavy atom. The van der Waals surface area contributed by atoms with Gasteiger partial charge in [-0.3, -0.25) is 4.79 Å². The number of carbonyl (C=O) groups is 1. The molecule has 0 spiro atoms. The number of amides is 1. The van der Waals surface area contributed by atoms with Gasteiger partial charge < -0.3 is 20.0 Å². The normalized spacial score (nSPS) is 12.7. The predicted octanol–water partition coefficient (Wildman–Crippen LogP) is 2.64. The van der Waals surface area contributed by atoms with Gasteiger partial charge in [0.1, 0.15) is 18.0 Å². The van der Waals surface area contributed by atoms with Crippen molar-refractivity contribution < 1.29 is 19.4 Å². The van der Waals surface area contributed by atoms with Crippen molar-refractivity contribution in [3.05, 3.63) is 82.6 Å². The summed E-state index contributed by atoms with van der Waals surface area (Å²) in [7, 11) is 0. The standard InChI is InChI=1S/C25H27FN4O3/c1-17-11-18(13-19(26)12-17)14-20-15-24(28-16-27-20)30-6-5-21-22(3-2-4-23(21)30)25(33)29(7-9-31)8-10-32/h2-4,11-13,15-16,31-32H,5-10,14H2,1H3. The third kappa shape index (κ3) is 5.02. The minimum atomic E-state index is -0.263. The average Bonchev–Trinajstić information content (AvgIpc) is 3.22. The number of rotatable bonds is 8. The number of aliphatic hydroxyl groups excluding tert-OH is 2. The minimum Gasteiger partial charge on any atom is -0.395 e. The summed E-state index contributed by atoms with van der Waals surface area (Å²) in [6.45, 7) is 2.53. The smallest absolute Gasteiger partial charge is 0.254 e. The number of aryl methyl sites for hydroxylation is 1. The van der Waals surface area contributed by atoms with Crippen LogP contribution in [0.1, 0.15) is 32.7 Å². The maximum absolute atomic E-state index is 13.8. The summed E-state index contributed by atoms with van der Waals surface area (Å²) in [5, 5.41) is 18.6. The van der Waals surface area contributed by atoms with E-state index in [4.69, 9.17) is 0 Å². The van der Waals surface area contributed by atoms with E-state index in [0.717, 1.165) is 33.9 Å². The number of halogens is 1. The number of hydrogen-bond donors (Lipinski definition) is 2. The highest BCUT2D eigenvalue weighted by Gasteiger charge is 2.28. The summed E-state index contributed by atoms with van der Waals surface area (Å²) in [5.41, 5.74) is 4.88. The van der Waals surface area contributed by atoms with Gasteiger partial charge in [-0.1, -0.05) is 12.1 Å². The second-order valence-electron chi connectivity index (χ2n) is 8.13. The van der Waals surface area contributed by atoms with Gasteiger partial charge in [0, 0.05) is 43.4 Å². The summed E-state index contributed by atoms with van der Waals surface area (Å²) in [6, 6.07) is 12.4. The molecule has 0 aliphatic carbocycles. The molecule has 8 heteroatoms. The first-order chi connectivity index (χ1) is 16.0. The fourth-order valence-electron chi connectivity index (χ4n) is 4.35. The van der Waals surface area contributed by atoms with Crippen molar-refractivity contribution in [2.45, 2.75) is 19.8 Å². The third-order valence-corrected chi connectivity index (χ3v) is 5.76. The van der Waals surface area contributed by atoms with Crippen LogP contribution >= 0.6 is 0 Å². The number of aliphatic hydroxyl groups is 2. The van der Waals surface area contributed by atoms with Gasteiger partial charge in [0.05, 0.1) is 18.9 Å². The Labute approximate surface area is 192 Å². The number of carbonyl (C=O) groups excluding carboxylic acids is 1. The molecule has 172 valence electrons. The molecular weight excluding hydrogens is 423 g/mol. The molecular formula is C25H27FN4O3. The van der Waals surface area contributed by atoms with E-state index in [2.05, 4.69) is 14.9 Å². The zero-order valence-corrected chi connectivity index (χ0v) is 18.5. The molecule has 0 saturated heterocycles. The van der Waals surface area contributed by atoms with E-state index < -0.39 is 0 Å². The molecule has 1 amide bonds. The minimum absolute atomic E-state index is 0.165. The van der Waals surface area contributed by atoms with Crippen LogP contribution in [0, 0.1) is 12.7 Å². The van der Waals surface area contributed by atoms with Crippen LogP contribution in [0.3, 0.4) is 0 Å². The lowest BCUT2D eigenvalue weighted by Gasteiger charge is -2.23. The van der Waals surface area contributed by atoms with Crippen LogP contribution in [-0.4, -0.2) is 63.8 Å². The van der Waals surface area contributed by atoms with Crippen molar-refractivity contribution >= 4 is 17.4 Å². The van der Waals surface area contributed by atoms with Gasteiger partial charge in [0.2, 0.25) is 0 Å². The molecule has 0 atom stereocenters. The molecule has 7 nitrogen and oxygen atoms in total. The number of anilines is 2. The number of benzene rings is 2. The van der Waals surface area contributed by atoms with E-state index >= 15 is 0 Å². The molecule has 2 aromatic carbocycles. The van der Waals surface area contributed by atoms with Crippen molar-refractivity contribution in [2.24, 2.45) is 0 Å². The van der Waals surface area contributed by atoms with Gasteiger partial charge in [-0.25, -0.2) is 14.4 Å². The lowest BCUT2D eigenvalue weighted by molar-refractivity contribution is 0.0684. The molecule has 0 saturated carbocycles. The molecule has 2 N–H and O–H groups in total. The topological polar surface area (TPSA) is 89.8 Å². The first kappa shape index (κ1) is 22.8. The predicted molar refractivity (Wildman–Crippen MR) is 123 cm³/mol. The van der Waals surface area contributed by atoms with Crippen LogP contribution in [0.2, 0.25) is 0 Å². The number of aromatic nitrogens is 2. The molecule has 0 fully saturated rings. The van der Waals surface area contributed by atoms with Crippen molar-refractivity contribution in [1.29, 1.82) is 0 Å². The van der Waals surface area contributed by atoms with E-state index in [0.29, 0.717) is 24.9 Å². The van der Waals surface area contributed by atoms with E-state index in [1.54, 1.807) is 6.07 Å². The summed E-state index contributed by atoms with van der Waals surface area (Å²) in [5.74, 6) is 0.252. The lowest BCUT2D eigenvalue weighted by Crippen LogP contribution is -2.36. The Morgan fingerprint density at radius 1 is 1.12 bits per heavy atom.